The molecule has 0 aromatic heterocycles. The number of aliphatic imine (C=N–C) groups is 1. The highest BCUT2D eigenvalue weighted by atomic mass is 19.4. The molecule has 0 aliphatic carbocycles. The maximum Gasteiger partial charge on any atom is 0.416 e. The minimum atomic E-state index is -4.33. The van der Waals surface area contributed by atoms with Crippen LogP contribution in [0.4, 0.5) is 13.2 Å². The third kappa shape index (κ3) is 6.47. The Labute approximate surface area is 173 Å². The van der Waals surface area contributed by atoms with Crippen molar-refractivity contribution in [3.63, 3.8) is 0 Å². The minimum Gasteiger partial charge on any atom is -0.502 e. The monoisotopic (exact) mass is 425 g/mol. The molecule has 0 saturated carbocycles. The summed E-state index contributed by atoms with van der Waals surface area (Å²) < 4.78 is 48.2. The molecule has 0 radical (unpaired) electrons. The summed E-state index contributed by atoms with van der Waals surface area (Å²) in [5, 5.41) is 16.3. The van der Waals surface area contributed by atoms with Gasteiger partial charge < -0.3 is 25.2 Å². The van der Waals surface area contributed by atoms with Crippen molar-refractivity contribution in [2.45, 2.75) is 26.1 Å². The minimum absolute atomic E-state index is 0.0747. The van der Waals surface area contributed by atoms with Crippen LogP contribution in [-0.4, -0.2) is 38.4 Å². The Balaban J connectivity index is 1.99. The first-order chi connectivity index (χ1) is 14.3. The lowest BCUT2D eigenvalue weighted by Gasteiger charge is -2.13. The fourth-order valence-electron chi connectivity index (χ4n) is 2.74. The lowest BCUT2D eigenvalue weighted by Crippen LogP contribution is -2.38. The second kappa shape index (κ2) is 10.6. The molecule has 2 aromatic rings. The number of rotatable bonds is 8. The Bertz CT molecular complexity index is 828. The van der Waals surface area contributed by atoms with Gasteiger partial charge in [-0.1, -0.05) is 12.1 Å². The molecule has 3 N–H and O–H groups in total. The predicted molar refractivity (Wildman–Crippen MR) is 109 cm³/mol. The summed E-state index contributed by atoms with van der Waals surface area (Å²) in [4.78, 5) is 4.49. The Hall–Kier alpha value is -3.10. The molecule has 0 aliphatic rings. The Morgan fingerprint density at radius 1 is 1.00 bits per heavy atom. The fraction of sp³-hybridized carbons (Fsp3) is 0.381. The highest BCUT2D eigenvalue weighted by Crippen LogP contribution is 2.37. The van der Waals surface area contributed by atoms with E-state index in [1.165, 1.54) is 26.4 Å². The van der Waals surface area contributed by atoms with Gasteiger partial charge in [0.05, 0.1) is 26.3 Å². The molecule has 0 unspecified atom stereocenters. The Morgan fingerprint density at radius 3 is 2.10 bits per heavy atom. The average molecular weight is 425 g/mol. The van der Waals surface area contributed by atoms with Crippen molar-refractivity contribution in [1.29, 1.82) is 0 Å². The van der Waals surface area contributed by atoms with E-state index in [9.17, 15) is 18.3 Å². The van der Waals surface area contributed by atoms with E-state index in [1.54, 1.807) is 12.1 Å². The van der Waals surface area contributed by atoms with E-state index in [2.05, 4.69) is 15.6 Å². The Morgan fingerprint density at radius 2 is 1.60 bits per heavy atom. The van der Waals surface area contributed by atoms with Gasteiger partial charge in [0.2, 0.25) is 5.75 Å². The number of phenols is 1. The van der Waals surface area contributed by atoms with Crippen LogP contribution in [-0.2, 0) is 19.1 Å². The van der Waals surface area contributed by atoms with Crippen molar-refractivity contribution in [2.24, 2.45) is 4.99 Å². The van der Waals surface area contributed by atoms with Crippen molar-refractivity contribution in [1.82, 2.24) is 10.6 Å². The molecule has 0 bridgehead atoms. The van der Waals surface area contributed by atoms with Crippen LogP contribution in [0.15, 0.2) is 41.4 Å². The number of aromatic hydroxyl groups is 1. The lowest BCUT2D eigenvalue weighted by atomic mass is 10.1. The first kappa shape index (κ1) is 23.2. The molecule has 9 heteroatoms. The Kier molecular flexibility index (Phi) is 8.20. The van der Waals surface area contributed by atoms with E-state index in [0.29, 0.717) is 43.5 Å². The third-order valence-electron chi connectivity index (χ3n) is 4.29. The zero-order chi connectivity index (χ0) is 22.1. The van der Waals surface area contributed by atoms with Crippen LogP contribution in [0.25, 0.3) is 0 Å². The molecule has 2 rings (SSSR count). The van der Waals surface area contributed by atoms with Crippen LogP contribution in [0, 0.1) is 0 Å². The maximum absolute atomic E-state index is 12.6. The zero-order valence-corrected chi connectivity index (χ0v) is 17.1. The number of ether oxygens (including phenoxy) is 2. The van der Waals surface area contributed by atoms with Gasteiger partial charge in [-0.05, 0) is 48.7 Å². The van der Waals surface area contributed by atoms with Gasteiger partial charge in [0.25, 0.3) is 0 Å². The van der Waals surface area contributed by atoms with Crippen LogP contribution in [0.5, 0.6) is 17.2 Å². The number of alkyl halides is 3. The standard InChI is InChI=1S/C21H26F3N3O3/c1-4-25-20(26-10-9-14-5-7-16(8-6-14)21(22,23)24)27-13-15-11-17(29-2)19(28)18(12-15)30-3/h5-8,11-12,28H,4,9-10,13H2,1-3H3,(H2,25,26,27). The molecule has 0 saturated heterocycles. The molecule has 2 aromatic carbocycles. The molecular weight excluding hydrogens is 399 g/mol. The van der Waals surface area contributed by atoms with Crippen molar-refractivity contribution >= 4 is 5.96 Å². The quantitative estimate of drug-likeness (QED) is 0.444. The topological polar surface area (TPSA) is 75.1 Å². The number of guanidine groups is 1. The zero-order valence-electron chi connectivity index (χ0n) is 17.1. The van der Waals surface area contributed by atoms with E-state index >= 15 is 0 Å². The summed E-state index contributed by atoms with van der Waals surface area (Å²) in [6.45, 7) is 3.38. The first-order valence-electron chi connectivity index (χ1n) is 9.40. The van der Waals surface area contributed by atoms with Gasteiger partial charge in [0, 0.05) is 13.1 Å². The molecule has 6 nitrogen and oxygen atoms in total. The number of methoxy groups -OCH3 is 2. The maximum atomic E-state index is 12.6. The second-order valence-electron chi connectivity index (χ2n) is 6.42. The summed E-state index contributed by atoms with van der Waals surface area (Å²) in [5.41, 5.74) is 0.912. The molecule has 0 spiro atoms. The van der Waals surface area contributed by atoms with E-state index in [-0.39, 0.29) is 5.75 Å². The van der Waals surface area contributed by atoms with Crippen LogP contribution >= 0.6 is 0 Å². The molecule has 0 atom stereocenters. The summed E-state index contributed by atoms with van der Waals surface area (Å²) in [5.74, 6) is 1.07. The number of phenolic OH excluding ortho intramolecular Hbond substituents is 1. The summed E-state index contributed by atoms with van der Waals surface area (Å²) in [7, 11) is 2.91. The fourth-order valence-corrected chi connectivity index (χ4v) is 2.74. The predicted octanol–water partition coefficient (Wildman–Crippen LogP) is 3.73. The van der Waals surface area contributed by atoms with Gasteiger partial charge in [-0.3, -0.25) is 0 Å². The number of hydrogen-bond acceptors (Lipinski definition) is 4. The summed E-state index contributed by atoms with van der Waals surface area (Å²) >= 11 is 0. The number of halogens is 3. The van der Waals surface area contributed by atoms with Crippen molar-refractivity contribution in [2.75, 3.05) is 27.3 Å². The normalized spacial score (nSPS) is 11.9. The molecule has 0 fully saturated rings. The third-order valence-corrected chi connectivity index (χ3v) is 4.29. The van der Waals surface area contributed by atoms with E-state index in [1.807, 2.05) is 6.92 Å². The van der Waals surface area contributed by atoms with Crippen molar-refractivity contribution in [3.8, 4) is 17.2 Å². The molecule has 0 heterocycles. The van der Waals surface area contributed by atoms with Gasteiger partial charge >= 0.3 is 6.18 Å². The first-order valence-corrected chi connectivity index (χ1v) is 9.40. The van der Waals surface area contributed by atoms with Crippen LogP contribution in [0.1, 0.15) is 23.6 Å². The van der Waals surface area contributed by atoms with Gasteiger partial charge in [-0.25, -0.2) is 4.99 Å². The van der Waals surface area contributed by atoms with Crippen molar-refractivity contribution in [3.05, 3.63) is 53.1 Å². The molecule has 30 heavy (non-hydrogen) atoms. The molecular formula is C21H26F3N3O3. The number of hydrogen-bond donors (Lipinski definition) is 3. The molecule has 0 amide bonds. The van der Waals surface area contributed by atoms with Gasteiger partial charge in [0.1, 0.15) is 0 Å². The molecule has 164 valence electrons. The number of nitrogens with one attached hydrogen (secondary N) is 2. The average Bonchev–Trinajstić information content (AvgIpc) is 2.72. The number of nitrogens with zero attached hydrogens (tertiary/aromatic N) is 1. The lowest BCUT2D eigenvalue weighted by molar-refractivity contribution is -0.137. The SMILES string of the molecule is CCNC(=NCc1cc(OC)c(O)c(OC)c1)NCCc1ccc(C(F)(F)F)cc1. The largest absolute Gasteiger partial charge is 0.502 e. The summed E-state index contributed by atoms with van der Waals surface area (Å²) in [6, 6.07) is 8.47. The van der Waals surface area contributed by atoms with Crippen LogP contribution in [0.2, 0.25) is 0 Å². The second-order valence-corrected chi connectivity index (χ2v) is 6.42. The van der Waals surface area contributed by atoms with Crippen LogP contribution in [0.3, 0.4) is 0 Å². The van der Waals surface area contributed by atoms with E-state index in [0.717, 1.165) is 23.3 Å². The highest BCUT2D eigenvalue weighted by molar-refractivity contribution is 5.79. The van der Waals surface area contributed by atoms with E-state index in [4.69, 9.17) is 9.47 Å². The smallest absolute Gasteiger partial charge is 0.416 e. The van der Waals surface area contributed by atoms with Crippen LogP contribution < -0.4 is 20.1 Å². The highest BCUT2D eigenvalue weighted by Gasteiger charge is 2.29. The van der Waals surface area contributed by atoms with E-state index < -0.39 is 11.7 Å². The number of benzene rings is 2. The summed E-state index contributed by atoms with van der Waals surface area (Å²) in [6.07, 6.45) is -3.79. The van der Waals surface area contributed by atoms with Gasteiger partial charge in [-0.2, -0.15) is 13.2 Å². The van der Waals surface area contributed by atoms with Gasteiger partial charge in [0.15, 0.2) is 17.5 Å². The molecule has 0 aliphatic heterocycles. The van der Waals surface area contributed by atoms with Crippen molar-refractivity contribution < 1.29 is 27.8 Å². The van der Waals surface area contributed by atoms with Gasteiger partial charge in [-0.15, -0.1) is 0 Å².